The van der Waals surface area contributed by atoms with Gasteiger partial charge in [-0.2, -0.15) is 10.2 Å². The Morgan fingerprint density at radius 2 is 1.27 bits per heavy atom. The average Bonchev–Trinajstić information content (AvgIpc) is 3.32. The van der Waals surface area contributed by atoms with Crippen LogP contribution in [0.15, 0.2) is 144 Å². The number of hydrogen-bond donors (Lipinski definition) is 1. The van der Waals surface area contributed by atoms with Gasteiger partial charge in [0.15, 0.2) is 5.78 Å². The highest BCUT2D eigenvalue weighted by Gasteiger charge is 2.37. The van der Waals surface area contributed by atoms with Crippen LogP contribution in [0, 0.1) is 0 Å². The summed E-state index contributed by atoms with van der Waals surface area (Å²) in [6.07, 6.45) is 3.16. The van der Waals surface area contributed by atoms with Crippen molar-refractivity contribution in [2.75, 3.05) is 10.2 Å². The topological polar surface area (TPSA) is 108 Å². The quantitative estimate of drug-likeness (QED) is 0.0872. The SMILES string of the molecule is O=C(/C=C\c1cccc(NC(=O)c2ccc3c(c2)C(=O)N(c2ccc(N=Nc4ccccc4)cc2)C3=O)c1)c1ccccc1. The van der Waals surface area contributed by atoms with Crippen LogP contribution in [0.4, 0.5) is 22.7 Å². The first-order chi connectivity index (χ1) is 21.5. The van der Waals surface area contributed by atoms with Crippen molar-refractivity contribution in [1.29, 1.82) is 0 Å². The summed E-state index contributed by atoms with van der Waals surface area (Å²) in [7, 11) is 0. The van der Waals surface area contributed by atoms with Gasteiger partial charge in [0.2, 0.25) is 0 Å². The van der Waals surface area contributed by atoms with E-state index in [2.05, 4.69) is 15.5 Å². The maximum atomic E-state index is 13.3. The normalized spacial score (nSPS) is 12.6. The molecule has 0 unspecified atom stereocenters. The number of rotatable bonds is 8. The molecule has 1 aliphatic heterocycles. The lowest BCUT2D eigenvalue weighted by Crippen LogP contribution is -2.29. The summed E-state index contributed by atoms with van der Waals surface area (Å²) in [5.41, 5.74) is 4.07. The van der Waals surface area contributed by atoms with E-state index in [0.29, 0.717) is 28.3 Å². The Morgan fingerprint density at radius 1 is 0.614 bits per heavy atom. The second-order valence-electron chi connectivity index (χ2n) is 9.90. The third-order valence-corrected chi connectivity index (χ3v) is 6.92. The van der Waals surface area contributed by atoms with Gasteiger partial charge in [-0.25, -0.2) is 4.90 Å². The molecule has 5 aromatic carbocycles. The van der Waals surface area contributed by atoms with Gasteiger partial charge in [-0.1, -0.05) is 66.7 Å². The molecule has 1 heterocycles. The van der Waals surface area contributed by atoms with Gasteiger partial charge in [0.05, 0.1) is 28.2 Å². The molecule has 0 radical (unpaired) electrons. The lowest BCUT2D eigenvalue weighted by Gasteiger charge is -2.13. The fraction of sp³-hybridized carbons (Fsp3) is 0. The van der Waals surface area contributed by atoms with Gasteiger partial charge in [0, 0.05) is 16.8 Å². The number of carbonyl (C=O) groups excluding carboxylic acids is 4. The van der Waals surface area contributed by atoms with E-state index in [1.54, 1.807) is 72.8 Å². The van der Waals surface area contributed by atoms with Gasteiger partial charge in [-0.15, -0.1) is 0 Å². The van der Waals surface area contributed by atoms with Gasteiger partial charge < -0.3 is 5.32 Å². The van der Waals surface area contributed by atoms with Crippen molar-refractivity contribution < 1.29 is 19.2 Å². The summed E-state index contributed by atoms with van der Waals surface area (Å²) in [5.74, 6) is -1.56. The van der Waals surface area contributed by atoms with Crippen LogP contribution in [0.25, 0.3) is 6.08 Å². The molecule has 5 aromatic rings. The number of nitrogens with one attached hydrogen (secondary N) is 1. The highest BCUT2D eigenvalue weighted by Crippen LogP contribution is 2.31. The molecule has 0 bridgehead atoms. The number of ketones is 1. The zero-order chi connectivity index (χ0) is 30.5. The van der Waals surface area contributed by atoms with Crippen LogP contribution in [-0.4, -0.2) is 23.5 Å². The Labute approximate surface area is 253 Å². The molecule has 212 valence electrons. The van der Waals surface area contributed by atoms with Crippen LogP contribution < -0.4 is 10.2 Å². The first-order valence-corrected chi connectivity index (χ1v) is 13.7. The summed E-state index contributed by atoms with van der Waals surface area (Å²) in [5, 5.41) is 11.2. The van der Waals surface area contributed by atoms with Crippen molar-refractivity contribution >= 4 is 52.3 Å². The van der Waals surface area contributed by atoms with Crippen molar-refractivity contribution in [2.45, 2.75) is 0 Å². The number of hydrogen-bond acceptors (Lipinski definition) is 6. The number of imide groups is 1. The number of carbonyl (C=O) groups is 4. The predicted molar refractivity (Wildman–Crippen MR) is 169 cm³/mol. The number of nitrogens with zero attached hydrogens (tertiary/aromatic N) is 3. The first-order valence-electron chi connectivity index (χ1n) is 13.7. The lowest BCUT2D eigenvalue weighted by atomic mass is 10.0. The van der Waals surface area contributed by atoms with Crippen LogP contribution in [0.3, 0.4) is 0 Å². The van der Waals surface area contributed by atoms with E-state index in [1.165, 1.54) is 24.3 Å². The largest absolute Gasteiger partial charge is 0.322 e. The van der Waals surface area contributed by atoms with Gasteiger partial charge >= 0.3 is 0 Å². The molecular weight excluding hydrogens is 552 g/mol. The number of allylic oxidation sites excluding steroid dienone is 1. The average molecular weight is 577 g/mol. The Hall–Kier alpha value is -6.28. The fourth-order valence-corrected chi connectivity index (χ4v) is 4.69. The van der Waals surface area contributed by atoms with E-state index in [4.69, 9.17) is 0 Å². The zero-order valence-corrected chi connectivity index (χ0v) is 23.3. The van der Waals surface area contributed by atoms with Crippen LogP contribution in [0.1, 0.15) is 47.0 Å². The van der Waals surface area contributed by atoms with E-state index >= 15 is 0 Å². The third kappa shape index (κ3) is 6.00. The van der Waals surface area contributed by atoms with Gasteiger partial charge in [0.1, 0.15) is 0 Å². The zero-order valence-electron chi connectivity index (χ0n) is 23.3. The summed E-state index contributed by atoms with van der Waals surface area (Å²) < 4.78 is 0. The van der Waals surface area contributed by atoms with E-state index in [1.807, 2.05) is 42.5 Å². The molecule has 1 N–H and O–H groups in total. The highest BCUT2D eigenvalue weighted by atomic mass is 16.2. The summed E-state index contributed by atoms with van der Waals surface area (Å²) in [4.78, 5) is 53.0. The summed E-state index contributed by atoms with van der Waals surface area (Å²) in [6, 6.07) is 36.3. The number of anilines is 2. The standard InChI is InChI=1S/C36H24N4O4/c41-33(25-9-3-1-4-10-25)21-14-24-8-7-13-29(22-24)37-34(42)26-15-20-31-32(23-26)36(44)40(35(31)43)30-18-16-28(17-19-30)39-38-27-11-5-2-6-12-27/h1-23H,(H,37,42)/b21-14-,39-38?. The molecule has 3 amide bonds. The van der Waals surface area contributed by atoms with Crippen molar-refractivity contribution in [3.05, 3.63) is 161 Å². The Bertz CT molecular complexity index is 1950. The van der Waals surface area contributed by atoms with Gasteiger partial charge in [-0.3, -0.25) is 19.2 Å². The number of fused-ring (bicyclic) bond motifs is 1. The van der Waals surface area contributed by atoms with Crippen molar-refractivity contribution in [3.8, 4) is 0 Å². The maximum Gasteiger partial charge on any atom is 0.266 e. The Morgan fingerprint density at radius 3 is 2.00 bits per heavy atom. The van der Waals surface area contributed by atoms with Crippen LogP contribution >= 0.6 is 0 Å². The highest BCUT2D eigenvalue weighted by molar-refractivity contribution is 6.34. The smallest absolute Gasteiger partial charge is 0.266 e. The molecule has 8 nitrogen and oxygen atoms in total. The van der Waals surface area contributed by atoms with E-state index in [-0.39, 0.29) is 22.5 Å². The van der Waals surface area contributed by atoms with E-state index in [9.17, 15) is 19.2 Å². The summed E-state index contributed by atoms with van der Waals surface area (Å²) in [6.45, 7) is 0. The molecule has 0 saturated carbocycles. The number of benzene rings is 5. The molecule has 0 aliphatic carbocycles. The van der Waals surface area contributed by atoms with Crippen molar-refractivity contribution in [3.63, 3.8) is 0 Å². The minimum atomic E-state index is -0.520. The first kappa shape index (κ1) is 27.9. The Kier molecular flexibility index (Phi) is 7.79. The third-order valence-electron chi connectivity index (χ3n) is 6.92. The lowest BCUT2D eigenvalue weighted by molar-refractivity contribution is 0.0924. The minimum absolute atomic E-state index is 0.129. The second-order valence-corrected chi connectivity index (χ2v) is 9.90. The van der Waals surface area contributed by atoms with Crippen molar-refractivity contribution in [2.24, 2.45) is 10.2 Å². The predicted octanol–water partition coefficient (Wildman–Crippen LogP) is 8.05. The van der Waals surface area contributed by atoms with E-state index in [0.717, 1.165) is 10.5 Å². The van der Waals surface area contributed by atoms with Gasteiger partial charge in [0.25, 0.3) is 17.7 Å². The molecule has 1 aliphatic rings. The second kappa shape index (κ2) is 12.3. The maximum absolute atomic E-state index is 13.3. The molecular formula is C36H24N4O4. The molecule has 0 aromatic heterocycles. The minimum Gasteiger partial charge on any atom is -0.322 e. The molecule has 0 saturated heterocycles. The molecule has 44 heavy (non-hydrogen) atoms. The molecule has 8 heteroatoms. The number of amides is 3. The molecule has 0 spiro atoms. The molecule has 0 fully saturated rings. The fourth-order valence-electron chi connectivity index (χ4n) is 4.69. The number of azo groups is 1. The summed E-state index contributed by atoms with van der Waals surface area (Å²) >= 11 is 0. The van der Waals surface area contributed by atoms with Crippen LogP contribution in [0.5, 0.6) is 0 Å². The molecule has 0 atom stereocenters. The van der Waals surface area contributed by atoms with Gasteiger partial charge in [-0.05, 0) is 78.4 Å². The monoisotopic (exact) mass is 576 g/mol. The molecule has 6 rings (SSSR count). The van der Waals surface area contributed by atoms with Crippen LogP contribution in [0.2, 0.25) is 0 Å². The van der Waals surface area contributed by atoms with Crippen LogP contribution in [-0.2, 0) is 0 Å². The van der Waals surface area contributed by atoms with Crippen molar-refractivity contribution in [1.82, 2.24) is 0 Å². The Balaban J connectivity index is 1.14. The van der Waals surface area contributed by atoms with E-state index < -0.39 is 17.7 Å².